The highest BCUT2D eigenvalue weighted by Crippen LogP contribution is 2.34. The van der Waals surface area contributed by atoms with Crippen LogP contribution in [0.2, 0.25) is 19.6 Å². The summed E-state index contributed by atoms with van der Waals surface area (Å²) in [5, 5.41) is 13.8. The minimum atomic E-state index is -1.65. The Kier molecular flexibility index (Phi) is 6.22. The van der Waals surface area contributed by atoms with Gasteiger partial charge in [0.1, 0.15) is 5.54 Å². The van der Waals surface area contributed by atoms with E-state index in [1.807, 2.05) is 18.2 Å². The lowest BCUT2D eigenvalue weighted by atomic mass is 9.78. The fourth-order valence-electron chi connectivity index (χ4n) is 3.63. The molecule has 0 spiro atoms. The molecule has 3 rings (SSSR count). The molecular weight excluding hydrogens is 416 g/mol. The zero-order valence-electron chi connectivity index (χ0n) is 16.3. The summed E-state index contributed by atoms with van der Waals surface area (Å²) in [6.45, 7) is 7.19. The molecule has 0 fully saturated rings. The Hall–Kier alpha value is -1.45. The third-order valence-electron chi connectivity index (χ3n) is 5.06. The van der Waals surface area contributed by atoms with E-state index in [0.717, 1.165) is 17.3 Å². The van der Waals surface area contributed by atoms with Gasteiger partial charge in [-0.15, -0.1) is 0 Å². The lowest BCUT2D eigenvalue weighted by molar-refractivity contribution is 0.221. The molecule has 2 atom stereocenters. The molecule has 3 nitrogen and oxygen atoms in total. The Morgan fingerprint density at radius 1 is 1.19 bits per heavy atom. The number of hydrogen-bond donors (Lipinski definition) is 1. The molecule has 0 saturated carbocycles. The van der Waals surface area contributed by atoms with Crippen molar-refractivity contribution in [3.8, 4) is 6.07 Å². The van der Waals surface area contributed by atoms with E-state index in [4.69, 9.17) is 4.43 Å². The number of nitriles is 1. The summed E-state index contributed by atoms with van der Waals surface area (Å²) < 4.78 is 7.37. The van der Waals surface area contributed by atoms with Crippen LogP contribution in [0.15, 0.2) is 53.0 Å². The number of nitrogens with one attached hydrogen (secondary N) is 1. The Bertz CT molecular complexity index is 828. The van der Waals surface area contributed by atoms with Crippen molar-refractivity contribution in [2.24, 2.45) is 0 Å². The number of rotatable bonds is 6. The van der Waals surface area contributed by atoms with Crippen molar-refractivity contribution in [1.29, 1.82) is 5.26 Å². The van der Waals surface area contributed by atoms with Crippen molar-refractivity contribution in [1.82, 2.24) is 5.32 Å². The Labute approximate surface area is 172 Å². The van der Waals surface area contributed by atoms with Crippen molar-refractivity contribution in [2.45, 2.75) is 50.5 Å². The Balaban J connectivity index is 1.86. The zero-order chi connectivity index (χ0) is 19.5. The number of fused-ring (bicyclic) bond motifs is 1. The molecule has 1 aliphatic rings. The first kappa shape index (κ1) is 20.3. The van der Waals surface area contributed by atoms with E-state index in [2.05, 4.69) is 77.3 Å². The van der Waals surface area contributed by atoms with E-state index in [0.29, 0.717) is 13.0 Å². The molecule has 1 unspecified atom stereocenters. The standard InChI is InChI=1S/C22H27BrN2OSi/c1-27(2,3)26-15-21(17-8-5-4-6-9-17)25-22(16-24)13-12-19-18(14-22)10-7-11-20(19)23/h4-11,21,25H,12-15H2,1-3H3/t21-,22?/m0/s1. The molecule has 0 amide bonds. The molecule has 0 radical (unpaired) electrons. The molecule has 0 aliphatic heterocycles. The van der Waals surface area contributed by atoms with Crippen molar-refractivity contribution in [2.75, 3.05) is 6.61 Å². The highest BCUT2D eigenvalue weighted by Gasteiger charge is 2.37. The molecule has 142 valence electrons. The topological polar surface area (TPSA) is 45.0 Å². The van der Waals surface area contributed by atoms with Crippen LogP contribution in [0.25, 0.3) is 0 Å². The van der Waals surface area contributed by atoms with Crippen molar-refractivity contribution >= 4 is 24.2 Å². The summed E-state index contributed by atoms with van der Waals surface area (Å²) >= 11 is 3.66. The third-order valence-corrected chi connectivity index (χ3v) is 6.84. The molecule has 1 N–H and O–H groups in total. The molecule has 5 heteroatoms. The molecule has 0 aromatic heterocycles. The fourth-order valence-corrected chi connectivity index (χ4v) is 4.90. The van der Waals surface area contributed by atoms with E-state index in [1.165, 1.54) is 16.7 Å². The third kappa shape index (κ3) is 5.08. The molecule has 27 heavy (non-hydrogen) atoms. The van der Waals surface area contributed by atoms with Gasteiger partial charge in [-0.2, -0.15) is 5.26 Å². The van der Waals surface area contributed by atoms with Gasteiger partial charge in [-0.1, -0.05) is 58.4 Å². The number of hydrogen-bond acceptors (Lipinski definition) is 3. The quantitative estimate of drug-likeness (QED) is 0.610. The first-order valence-electron chi connectivity index (χ1n) is 9.46. The normalized spacial score (nSPS) is 20.6. The maximum absolute atomic E-state index is 10.1. The summed E-state index contributed by atoms with van der Waals surface area (Å²) in [6.07, 6.45) is 2.41. The van der Waals surface area contributed by atoms with Crippen LogP contribution in [0, 0.1) is 11.3 Å². The van der Waals surface area contributed by atoms with Crippen LogP contribution in [0.4, 0.5) is 0 Å². The van der Waals surface area contributed by atoms with Crippen molar-refractivity contribution in [3.05, 3.63) is 69.7 Å². The van der Waals surface area contributed by atoms with E-state index >= 15 is 0 Å². The SMILES string of the molecule is C[Si](C)(C)OC[C@H](NC1(C#N)CCc2c(Br)cccc2C1)c1ccccc1. The van der Waals surface area contributed by atoms with Gasteiger partial charge >= 0.3 is 0 Å². The molecule has 0 saturated heterocycles. The molecule has 0 bridgehead atoms. The van der Waals surface area contributed by atoms with Gasteiger partial charge in [0.15, 0.2) is 8.32 Å². The first-order chi connectivity index (χ1) is 12.8. The second-order valence-corrected chi connectivity index (χ2v) is 13.6. The van der Waals surface area contributed by atoms with Crippen LogP contribution < -0.4 is 5.32 Å². The molecular formula is C22H27BrN2OSi. The summed E-state index contributed by atoms with van der Waals surface area (Å²) in [7, 11) is -1.65. The lowest BCUT2D eigenvalue weighted by Crippen LogP contribution is -2.51. The highest BCUT2D eigenvalue weighted by atomic mass is 79.9. The smallest absolute Gasteiger partial charge is 0.183 e. The van der Waals surface area contributed by atoms with E-state index in [1.54, 1.807) is 0 Å². The first-order valence-corrected chi connectivity index (χ1v) is 13.7. The minimum Gasteiger partial charge on any atom is -0.416 e. The van der Waals surface area contributed by atoms with Crippen LogP contribution in [0.5, 0.6) is 0 Å². The van der Waals surface area contributed by atoms with Crippen LogP contribution in [-0.2, 0) is 17.3 Å². The number of halogens is 1. The summed E-state index contributed by atoms with van der Waals surface area (Å²) in [4.78, 5) is 0. The summed E-state index contributed by atoms with van der Waals surface area (Å²) in [5.41, 5.74) is 3.18. The number of benzene rings is 2. The molecule has 2 aromatic carbocycles. The van der Waals surface area contributed by atoms with Gasteiger partial charge in [-0.05, 0) is 55.2 Å². The lowest BCUT2D eigenvalue weighted by Gasteiger charge is -2.37. The van der Waals surface area contributed by atoms with Gasteiger partial charge in [-0.25, -0.2) is 0 Å². The average molecular weight is 443 g/mol. The van der Waals surface area contributed by atoms with Gasteiger partial charge in [0.05, 0.1) is 18.7 Å². The second kappa shape index (κ2) is 8.28. The summed E-state index contributed by atoms with van der Waals surface area (Å²) in [5.74, 6) is 0. The van der Waals surface area contributed by atoms with E-state index in [-0.39, 0.29) is 6.04 Å². The molecule has 1 aliphatic carbocycles. The van der Waals surface area contributed by atoms with Crippen molar-refractivity contribution < 1.29 is 4.43 Å². The largest absolute Gasteiger partial charge is 0.416 e. The van der Waals surface area contributed by atoms with Gasteiger partial charge < -0.3 is 4.43 Å². The van der Waals surface area contributed by atoms with Gasteiger partial charge in [0.2, 0.25) is 0 Å². The molecule has 0 heterocycles. The zero-order valence-corrected chi connectivity index (χ0v) is 18.8. The van der Waals surface area contributed by atoms with Gasteiger partial charge in [-0.3, -0.25) is 5.32 Å². The molecule has 2 aromatic rings. The maximum Gasteiger partial charge on any atom is 0.183 e. The minimum absolute atomic E-state index is 0.00581. The number of nitrogens with zero attached hydrogens (tertiary/aromatic N) is 1. The summed E-state index contributed by atoms with van der Waals surface area (Å²) in [6, 6.07) is 19.2. The van der Waals surface area contributed by atoms with Crippen molar-refractivity contribution in [3.63, 3.8) is 0 Å². The van der Waals surface area contributed by atoms with E-state index in [9.17, 15) is 5.26 Å². The van der Waals surface area contributed by atoms with Gasteiger partial charge in [0, 0.05) is 10.9 Å². The predicted octanol–water partition coefficient (Wildman–Crippen LogP) is 5.38. The average Bonchev–Trinajstić information content (AvgIpc) is 2.65. The van der Waals surface area contributed by atoms with Crippen LogP contribution in [-0.4, -0.2) is 20.5 Å². The second-order valence-electron chi connectivity index (χ2n) is 8.28. The van der Waals surface area contributed by atoms with Crippen LogP contribution in [0.3, 0.4) is 0 Å². The Morgan fingerprint density at radius 2 is 1.93 bits per heavy atom. The maximum atomic E-state index is 10.1. The fraction of sp³-hybridized carbons (Fsp3) is 0.409. The highest BCUT2D eigenvalue weighted by molar-refractivity contribution is 9.10. The van der Waals surface area contributed by atoms with Crippen LogP contribution in [0.1, 0.15) is 29.2 Å². The van der Waals surface area contributed by atoms with Gasteiger partial charge in [0.25, 0.3) is 0 Å². The van der Waals surface area contributed by atoms with E-state index < -0.39 is 13.9 Å². The Morgan fingerprint density at radius 3 is 2.59 bits per heavy atom. The predicted molar refractivity (Wildman–Crippen MR) is 116 cm³/mol. The van der Waals surface area contributed by atoms with Crippen LogP contribution >= 0.6 is 15.9 Å². The monoisotopic (exact) mass is 442 g/mol.